The normalized spacial score (nSPS) is 11.1. The highest BCUT2D eigenvalue weighted by Gasteiger charge is 2.24. The van der Waals surface area contributed by atoms with Gasteiger partial charge < -0.3 is 14.9 Å². The van der Waals surface area contributed by atoms with Crippen molar-refractivity contribution in [1.29, 1.82) is 0 Å². The molecule has 1 amide bonds. The van der Waals surface area contributed by atoms with Gasteiger partial charge in [-0.2, -0.15) is 9.67 Å². The summed E-state index contributed by atoms with van der Waals surface area (Å²) < 4.78 is 7.45. The van der Waals surface area contributed by atoms with E-state index in [2.05, 4.69) is 20.7 Å². The SMILES string of the molecule is CCOc1ccc(-[n+]2c(SCC(=O)NN=Cc3ccc(O)cc3[O-])n[nH]c2-c2ccc(Cl)cc2)cc1. The highest BCUT2D eigenvalue weighted by atomic mass is 35.5. The number of rotatable bonds is 9. The number of hydrogen-bond donors (Lipinski definition) is 3. The predicted octanol–water partition coefficient (Wildman–Crippen LogP) is 3.43. The predicted molar refractivity (Wildman–Crippen MR) is 136 cm³/mol. The summed E-state index contributed by atoms with van der Waals surface area (Å²) in [5.74, 6) is 0.586. The van der Waals surface area contributed by atoms with E-state index in [1.54, 1.807) is 12.1 Å². The van der Waals surface area contributed by atoms with Crippen LogP contribution in [0, 0.1) is 0 Å². The van der Waals surface area contributed by atoms with E-state index < -0.39 is 5.75 Å². The molecule has 0 aliphatic heterocycles. The second kappa shape index (κ2) is 11.6. The topological polar surface area (TPSA) is 127 Å². The van der Waals surface area contributed by atoms with E-state index in [1.165, 1.54) is 30.1 Å². The number of nitrogens with zero attached hydrogens (tertiary/aromatic N) is 3. The van der Waals surface area contributed by atoms with Gasteiger partial charge in [-0.25, -0.2) is 5.43 Å². The van der Waals surface area contributed by atoms with Gasteiger partial charge in [0.2, 0.25) is 0 Å². The van der Waals surface area contributed by atoms with Gasteiger partial charge >= 0.3 is 5.16 Å². The van der Waals surface area contributed by atoms with Crippen molar-refractivity contribution in [2.75, 3.05) is 12.4 Å². The molecule has 0 radical (unpaired) electrons. The first-order valence-corrected chi connectivity index (χ1v) is 12.2. The van der Waals surface area contributed by atoms with Crippen LogP contribution in [0.15, 0.2) is 77.0 Å². The molecule has 0 unspecified atom stereocenters. The average Bonchev–Trinajstić information content (AvgIpc) is 3.29. The van der Waals surface area contributed by atoms with Crippen LogP contribution in [0.5, 0.6) is 17.2 Å². The zero-order valence-corrected chi connectivity index (χ0v) is 20.7. The van der Waals surface area contributed by atoms with Crippen molar-refractivity contribution < 1.29 is 24.3 Å². The van der Waals surface area contributed by atoms with Crippen LogP contribution in [0.1, 0.15) is 12.5 Å². The molecule has 0 fully saturated rings. The number of aromatic hydroxyl groups is 1. The van der Waals surface area contributed by atoms with E-state index in [4.69, 9.17) is 16.3 Å². The third-order valence-corrected chi connectivity index (χ3v) is 6.11. The highest BCUT2D eigenvalue weighted by molar-refractivity contribution is 7.99. The van der Waals surface area contributed by atoms with Gasteiger partial charge in [0, 0.05) is 5.02 Å². The number of hydrazone groups is 1. The Hall–Kier alpha value is -4.02. The van der Waals surface area contributed by atoms with Crippen LogP contribution in [0.25, 0.3) is 17.1 Å². The van der Waals surface area contributed by atoms with E-state index >= 15 is 0 Å². The van der Waals surface area contributed by atoms with Gasteiger partial charge in [-0.3, -0.25) is 4.79 Å². The van der Waals surface area contributed by atoms with Crippen LogP contribution in [-0.2, 0) is 4.79 Å². The van der Waals surface area contributed by atoms with E-state index in [0.717, 1.165) is 23.1 Å². The third kappa shape index (κ3) is 6.15. The van der Waals surface area contributed by atoms with E-state index in [9.17, 15) is 15.0 Å². The number of phenols is 1. The maximum Gasteiger partial charge on any atom is 0.342 e. The van der Waals surface area contributed by atoms with Crippen LogP contribution >= 0.6 is 23.4 Å². The molecule has 0 saturated carbocycles. The molecule has 0 atom stereocenters. The van der Waals surface area contributed by atoms with Gasteiger partial charge in [0.1, 0.15) is 17.2 Å². The Morgan fingerprint density at radius 1 is 1.22 bits per heavy atom. The number of halogens is 1. The lowest BCUT2D eigenvalue weighted by Crippen LogP contribution is -2.34. The maximum atomic E-state index is 12.4. The molecule has 36 heavy (non-hydrogen) atoms. The largest absolute Gasteiger partial charge is 0.872 e. The number of carbonyl (C=O) groups is 1. The van der Waals surface area contributed by atoms with Crippen LogP contribution < -0.4 is 19.8 Å². The quantitative estimate of drug-likeness (QED) is 0.133. The van der Waals surface area contributed by atoms with Crippen LogP contribution in [-0.4, -0.2) is 39.8 Å². The summed E-state index contributed by atoms with van der Waals surface area (Å²) in [6.45, 7) is 2.49. The number of carbonyl (C=O) groups excluding carboxylic acids is 1. The Kier molecular flexibility index (Phi) is 8.09. The molecule has 3 N–H and O–H groups in total. The molecule has 1 heterocycles. The number of phenolic OH excluding ortho intramolecular Hbond substituents is 1. The van der Waals surface area contributed by atoms with Gasteiger partial charge in [0.15, 0.2) is 0 Å². The van der Waals surface area contributed by atoms with Crippen LogP contribution in [0.4, 0.5) is 0 Å². The summed E-state index contributed by atoms with van der Waals surface area (Å²) in [5.41, 5.74) is 4.34. The summed E-state index contributed by atoms with van der Waals surface area (Å²) in [6.07, 6.45) is 1.23. The van der Waals surface area contributed by atoms with Crippen molar-refractivity contribution in [2.24, 2.45) is 5.10 Å². The summed E-state index contributed by atoms with van der Waals surface area (Å²) in [4.78, 5) is 12.4. The number of H-pyrrole nitrogens is 1. The molecule has 4 aromatic rings. The highest BCUT2D eigenvalue weighted by Crippen LogP contribution is 2.23. The standard InChI is InChI=1S/C25H22ClN5O4S/c1-2-35-21-11-8-19(9-12-21)31-24(16-3-6-18(26)7-4-16)29-30-25(31)36-15-23(34)28-27-14-17-5-10-20(32)13-22(17)33/h3-14H,2,15H2,1H3,(H3,27,28,32,33,34). The van der Waals surface area contributed by atoms with E-state index in [0.29, 0.717) is 22.6 Å². The number of aromatic amines is 1. The number of benzene rings is 3. The van der Waals surface area contributed by atoms with Gasteiger partial charge in [0.25, 0.3) is 11.7 Å². The third-order valence-electron chi connectivity index (χ3n) is 4.92. The Morgan fingerprint density at radius 2 is 1.97 bits per heavy atom. The fourth-order valence-corrected chi connectivity index (χ4v) is 4.14. The number of thioether (sulfide) groups is 1. The zero-order chi connectivity index (χ0) is 25.5. The lowest BCUT2D eigenvalue weighted by Gasteiger charge is -2.09. The number of nitrogens with one attached hydrogen (secondary N) is 2. The Labute approximate surface area is 216 Å². The zero-order valence-electron chi connectivity index (χ0n) is 19.1. The maximum absolute atomic E-state index is 12.4. The van der Waals surface area contributed by atoms with E-state index in [1.807, 2.05) is 47.9 Å². The Morgan fingerprint density at radius 3 is 2.67 bits per heavy atom. The fraction of sp³-hybridized carbons (Fsp3) is 0.120. The van der Waals surface area contributed by atoms with Crippen molar-refractivity contribution in [2.45, 2.75) is 12.1 Å². The molecule has 0 bridgehead atoms. The smallest absolute Gasteiger partial charge is 0.342 e. The molecular weight excluding hydrogens is 502 g/mol. The molecule has 9 nitrogen and oxygen atoms in total. The number of hydrogen-bond acceptors (Lipinski definition) is 7. The average molecular weight is 524 g/mol. The van der Waals surface area contributed by atoms with Gasteiger partial charge in [-0.05, 0) is 84.9 Å². The molecule has 0 aliphatic carbocycles. The van der Waals surface area contributed by atoms with Gasteiger partial charge in [0.05, 0.1) is 29.2 Å². The lowest BCUT2D eigenvalue weighted by atomic mass is 10.2. The molecule has 0 saturated heterocycles. The molecule has 1 aromatic heterocycles. The number of aromatic nitrogens is 3. The molecule has 3 aromatic carbocycles. The number of ether oxygens (including phenoxy) is 1. The minimum atomic E-state index is -0.398. The molecule has 11 heteroatoms. The molecular formula is C25H22ClN5O4S. The molecule has 184 valence electrons. The van der Waals surface area contributed by atoms with Gasteiger partial charge in [-0.1, -0.05) is 23.4 Å². The van der Waals surface area contributed by atoms with Crippen molar-refractivity contribution in [1.82, 2.24) is 15.6 Å². The van der Waals surface area contributed by atoms with Crippen molar-refractivity contribution in [3.05, 3.63) is 77.3 Å². The summed E-state index contributed by atoms with van der Waals surface area (Å²) in [7, 11) is 0. The summed E-state index contributed by atoms with van der Waals surface area (Å²) in [5, 5.41) is 33.6. The summed E-state index contributed by atoms with van der Waals surface area (Å²) >= 11 is 7.27. The van der Waals surface area contributed by atoms with Crippen molar-refractivity contribution in [3.8, 4) is 34.3 Å². The Balaban J connectivity index is 1.52. The van der Waals surface area contributed by atoms with Crippen molar-refractivity contribution in [3.63, 3.8) is 0 Å². The first kappa shape index (κ1) is 25.1. The lowest BCUT2D eigenvalue weighted by molar-refractivity contribution is -0.625. The second-order valence-corrected chi connectivity index (χ2v) is 8.81. The Bertz CT molecular complexity index is 1370. The molecule has 0 spiro atoms. The first-order chi connectivity index (χ1) is 17.4. The summed E-state index contributed by atoms with van der Waals surface area (Å²) in [6, 6.07) is 18.8. The van der Waals surface area contributed by atoms with Crippen LogP contribution in [0.2, 0.25) is 5.02 Å². The van der Waals surface area contributed by atoms with Crippen LogP contribution in [0.3, 0.4) is 0 Å². The molecule has 4 rings (SSSR count). The van der Waals surface area contributed by atoms with Crippen molar-refractivity contribution >= 4 is 35.5 Å². The minimum Gasteiger partial charge on any atom is -0.872 e. The van der Waals surface area contributed by atoms with E-state index in [-0.39, 0.29) is 23.0 Å². The van der Waals surface area contributed by atoms with Gasteiger partial charge in [-0.15, -0.1) is 5.10 Å². The fourth-order valence-electron chi connectivity index (χ4n) is 3.26. The number of amides is 1. The molecule has 0 aliphatic rings. The second-order valence-electron chi connectivity index (χ2n) is 7.43. The first-order valence-electron chi connectivity index (χ1n) is 10.9. The minimum absolute atomic E-state index is 0.0269. The monoisotopic (exact) mass is 523 g/mol.